The zero-order valence-corrected chi connectivity index (χ0v) is 6.77. The van der Waals surface area contributed by atoms with E-state index in [4.69, 9.17) is 0 Å². The van der Waals surface area contributed by atoms with Crippen molar-refractivity contribution in [3.05, 3.63) is 60.7 Å². The molecule has 0 nitrogen and oxygen atoms in total. The van der Waals surface area contributed by atoms with Gasteiger partial charge in [0.1, 0.15) is 0 Å². The summed E-state index contributed by atoms with van der Waals surface area (Å²) in [6.07, 6.45) is 0. The van der Waals surface area contributed by atoms with Crippen LogP contribution in [0.3, 0.4) is 0 Å². The van der Waals surface area contributed by atoms with Crippen LogP contribution in [0.25, 0.3) is 11.1 Å². The third-order valence-corrected chi connectivity index (χ3v) is 1.88. The summed E-state index contributed by atoms with van der Waals surface area (Å²) in [7, 11) is 0. The van der Waals surface area contributed by atoms with Gasteiger partial charge in [-0.05, 0) is 11.1 Å². The molecule has 0 unspecified atom stereocenters. The van der Waals surface area contributed by atoms with Crippen LogP contribution in [0.15, 0.2) is 60.7 Å². The fraction of sp³-hybridized carbons (Fsp3) is 0. The van der Waals surface area contributed by atoms with Gasteiger partial charge in [0.2, 0.25) is 0 Å². The van der Waals surface area contributed by atoms with E-state index < -0.39 is 0 Å². The quantitative estimate of drug-likeness (QED) is 0.621. The first kappa shape index (κ1) is 14.4. The Hall–Kier alpha value is 0.440. The van der Waals surface area contributed by atoms with Gasteiger partial charge in [-0.15, -0.1) is 0 Å². The Morgan fingerprint density at radius 2 is 0.714 bits per heavy atom. The molecular weight excluding hydrogens is 190 g/mol. The van der Waals surface area contributed by atoms with Crippen molar-refractivity contribution in [2.24, 2.45) is 0 Å². The molecule has 0 amide bonds. The van der Waals surface area contributed by atoms with E-state index in [9.17, 15) is 0 Å². The summed E-state index contributed by atoms with van der Waals surface area (Å²) in [4.78, 5) is 0. The number of hydrogen-bond donors (Lipinski definition) is 0. The standard InChI is InChI=1S/C12H10.2Na.2H/c1-3-7-11(8-4-1)12-9-5-2-6-10-12;;;;/h1-10H;;;;. The fourth-order valence-corrected chi connectivity index (χ4v) is 1.26. The summed E-state index contributed by atoms with van der Waals surface area (Å²) >= 11 is 0. The van der Waals surface area contributed by atoms with Crippen LogP contribution in [0.2, 0.25) is 0 Å². The van der Waals surface area contributed by atoms with Crippen molar-refractivity contribution >= 4 is 59.1 Å². The Morgan fingerprint density at radius 1 is 0.429 bits per heavy atom. The molecule has 0 aliphatic rings. The average Bonchev–Trinajstić information content (AvgIpc) is 2.21. The molecular formula is C12H12Na2. The second-order valence-corrected chi connectivity index (χ2v) is 2.73. The van der Waals surface area contributed by atoms with Crippen LogP contribution in [-0.2, 0) is 0 Å². The van der Waals surface area contributed by atoms with E-state index in [2.05, 4.69) is 48.5 Å². The van der Waals surface area contributed by atoms with E-state index in [-0.39, 0.29) is 59.1 Å². The molecule has 14 heavy (non-hydrogen) atoms. The monoisotopic (exact) mass is 202 g/mol. The summed E-state index contributed by atoms with van der Waals surface area (Å²) in [5.74, 6) is 0. The van der Waals surface area contributed by atoms with Crippen LogP contribution in [0, 0.1) is 0 Å². The van der Waals surface area contributed by atoms with Crippen molar-refractivity contribution in [1.29, 1.82) is 0 Å². The molecule has 0 aliphatic heterocycles. The van der Waals surface area contributed by atoms with E-state index in [1.807, 2.05) is 12.1 Å². The smallest absolute Gasteiger partial charge is 0.0184 e. The first-order chi connectivity index (χ1) is 5.97. The van der Waals surface area contributed by atoms with E-state index in [0.29, 0.717) is 0 Å². The summed E-state index contributed by atoms with van der Waals surface area (Å²) < 4.78 is 0. The van der Waals surface area contributed by atoms with Crippen LogP contribution in [0.5, 0.6) is 0 Å². The van der Waals surface area contributed by atoms with Crippen molar-refractivity contribution in [2.75, 3.05) is 0 Å². The molecule has 0 aromatic heterocycles. The Morgan fingerprint density at radius 3 is 1.00 bits per heavy atom. The van der Waals surface area contributed by atoms with Crippen molar-refractivity contribution < 1.29 is 0 Å². The maximum Gasteiger partial charge on any atom is -0.0184 e. The fourth-order valence-electron chi connectivity index (χ4n) is 1.26. The minimum absolute atomic E-state index is 0. The third kappa shape index (κ3) is 3.90. The Bertz CT molecular complexity index is 306. The predicted molar refractivity (Wildman–Crippen MR) is 66.2 cm³/mol. The van der Waals surface area contributed by atoms with E-state index >= 15 is 0 Å². The molecule has 0 fully saturated rings. The first-order valence-electron chi connectivity index (χ1n) is 4.07. The van der Waals surface area contributed by atoms with Crippen molar-refractivity contribution in [3.63, 3.8) is 0 Å². The van der Waals surface area contributed by atoms with Crippen LogP contribution in [0.4, 0.5) is 0 Å². The van der Waals surface area contributed by atoms with Gasteiger partial charge in [0, 0.05) is 0 Å². The molecule has 2 rings (SSSR count). The minimum atomic E-state index is 0. The number of benzene rings is 2. The zero-order chi connectivity index (χ0) is 8.23. The first-order valence-corrected chi connectivity index (χ1v) is 4.07. The molecule has 0 saturated carbocycles. The number of hydrogen-bond acceptors (Lipinski definition) is 0. The molecule has 0 spiro atoms. The van der Waals surface area contributed by atoms with Crippen molar-refractivity contribution in [2.45, 2.75) is 0 Å². The number of rotatable bonds is 1. The molecule has 0 bridgehead atoms. The molecule has 0 aliphatic carbocycles. The largest absolute Gasteiger partial charge is 0.0622 e. The van der Waals surface area contributed by atoms with Gasteiger partial charge in [-0.25, -0.2) is 0 Å². The van der Waals surface area contributed by atoms with Gasteiger partial charge in [-0.3, -0.25) is 0 Å². The van der Waals surface area contributed by atoms with Gasteiger partial charge in [0.05, 0.1) is 0 Å². The summed E-state index contributed by atoms with van der Waals surface area (Å²) in [6.45, 7) is 0. The van der Waals surface area contributed by atoms with Gasteiger partial charge in [0.15, 0.2) is 0 Å². The molecule has 0 N–H and O–H groups in total. The molecule has 0 atom stereocenters. The molecule has 2 aromatic carbocycles. The predicted octanol–water partition coefficient (Wildman–Crippen LogP) is 2.06. The van der Waals surface area contributed by atoms with Crippen LogP contribution in [0.1, 0.15) is 0 Å². The molecule has 2 aromatic rings. The average molecular weight is 202 g/mol. The van der Waals surface area contributed by atoms with E-state index in [1.54, 1.807) is 0 Å². The second kappa shape index (κ2) is 7.70. The topological polar surface area (TPSA) is 0 Å². The molecule has 0 heterocycles. The van der Waals surface area contributed by atoms with Gasteiger partial charge in [0.25, 0.3) is 0 Å². The van der Waals surface area contributed by atoms with E-state index in [1.165, 1.54) is 11.1 Å². The zero-order valence-electron chi connectivity index (χ0n) is 6.77. The maximum absolute atomic E-state index is 2.12. The minimum Gasteiger partial charge on any atom is -0.0622 e. The van der Waals surface area contributed by atoms with Gasteiger partial charge in [-0.2, -0.15) is 0 Å². The Balaban J connectivity index is 0.000000845. The van der Waals surface area contributed by atoms with Crippen LogP contribution >= 0.6 is 0 Å². The molecule has 0 saturated heterocycles. The maximum atomic E-state index is 2.12. The normalized spacial score (nSPS) is 8.29. The third-order valence-electron chi connectivity index (χ3n) is 1.88. The van der Waals surface area contributed by atoms with Crippen LogP contribution < -0.4 is 0 Å². The SMILES string of the molecule is [NaH].[NaH].c1ccc(-c2ccccc2)cc1. The van der Waals surface area contributed by atoms with Crippen LogP contribution in [-0.4, -0.2) is 59.1 Å². The summed E-state index contributed by atoms with van der Waals surface area (Å²) in [6, 6.07) is 20.8. The van der Waals surface area contributed by atoms with Gasteiger partial charge >= 0.3 is 59.1 Å². The van der Waals surface area contributed by atoms with Crippen molar-refractivity contribution in [3.8, 4) is 11.1 Å². The van der Waals surface area contributed by atoms with Crippen molar-refractivity contribution in [1.82, 2.24) is 0 Å². The molecule has 62 valence electrons. The van der Waals surface area contributed by atoms with E-state index in [0.717, 1.165) is 0 Å². The van der Waals surface area contributed by atoms with Gasteiger partial charge < -0.3 is 0 Å². The molecule has 2 heteroatoms. The second-order valence-electron chi connectivity index (χ2n) is 2.73. The summed E-state index contributed by atoms with van der Waals surface area (Å²) in [5, 5.41) is 0. The Labute approximate surface area is 129 Å². The summed E-state index contributed by atoms with van der Waals surface area (Å²) in [5.41, 5.74) is 2.55. The molecule has 0 radical (unpaired) electrons. The van der Waals surface area contributed by atoms with Gasteiger partial charge in [-0.1, -0.05) is 60.7 Å². The Kier molecular flexibility index (Phi) is 7.94.